The lowest BCUT2D eigenvalue weighted by Crippen LogP contribution is -2.22. The Morgan fingerprint density at radius 1 is 1.38 bits per heavy atom. The average molecular weight is 204 g/mol. The van der Waals surface area contributed by atoms with Crippen LogP contribution in [0.15, 0.2) is 0 Å². The van der Waals surface area contributed by atoms with Crippen molar-refractivity contribution in [3.8, 4) is 0 Å². The van der Waals surface area contributed by atoms with E-state index in [0.29, 0.717) is 5.92 Å². The zero-order valence-corrected chi connectivity index (χ0v) is 10.4. The molecule has 80 valence electrons. The van der Waals surface area contributed by atoms with Gasteiger partial charge in [-0.25, -0.2) is 0 Å². The fourth-order valence-corrected chi connectivity index (χ4v) is 1.25. The second-order valence-electron chi connectivity index (χ2n) is 4.73. The van der Waals surface area contributed by atoms with E-state index in [1.54, 1.807) is 0 Å². The number of ether oxygens (including phenoxy) is 1. The zero-order chi connectivity index (χ0) is 10.3. The van der Waals surface area contributed by atoms with E-state index < -0.39 is 0 Å². The van der Waals surface area contributed by atoms with Crippen LogP contribution in [0.4, 0.5) is 0 Å². The molecule has 0 aliphatic rings. The molecule has 0 bridgehead atoms. The van der Waals surface area contributed by atoms with Crippen molar-refractivity contribution >= 4 is 12.6 Å². The molecule has 0 aromatic rings. The first-order valence-corrected chi connectivity index (χ1v) is 5.83. The molecule has 0 saturated heterocycles. The number of hydrogen-bond donors (Lipinski definition) is 1. The summed E-state index contributed by atoms with van der Waals surface area (Å²) in [5.74, 6) is 1.58. The summed E-state index contributed by atoms with van der Waals surface area (Å²) in [6, 6.07) is 0. The Labute approximate surface area is 88.7 Å². The van der Waals surface area contributed by atoms with E-state index in [1.807, 2.05) is 0 Å². The van der Waals surface area contributed by atoms with Gasteiger partial charge < -0.3 is 4.74 Å². The summed E-state index contributed by atoms with van der Waals surface area (Å²) in [6.07, 6.45) is 2.52. The molecule has 0 aliphatic carbocycles. The molecule has 1 atom stereocenters. The van der Waals surface area contributed by atoms with E-state index in [2.05, 4.69) is 40.3 Å². The Morgan fingerprint density at radius 2 is 2.00 bits per heavy atom. The van der Waals surface area contributed by atoms with Crippen molar-refractivity contribution in [2.75, 3.05) is 19.0 Å². The average Bonchev–Trinajstić information content (AvgIpc) is 2.05. The van der Waals surface area contributed by atoms with Gasteiger partial charge in [0.2, 0.25) is 0 Å². The van der Waals surface area contributed by atoms with E-state index in [4.69, 9.17) is 4.74 Å². The van der Waals surface area contributed by atoms with Gasteiger partial charge in [-0.3, -0.25) is 0 Å². The molecule has 13 heavy (non-hydrogen) atoms. The summed E-state index contributed by atoms with van der Waals surface area (Å²) in [4.78, 5) is 0. The Bertz CT molecular complexity index is 123. The minimum absolute atomic E-state index is 0.217. The lowest BCUT2D eigenvalue weighted by Gasteiger charge is -2.22. The van der Waals surface area contributed by atoms with Crippen molar-refractivity contribution in [1.82, 2.24) is 0 Å². The highest BCUT2D eigenvalue weighted by atomic mass is 32.1. The van der Waals surface area contributed by atoms with Crippen LogP contribution >= 0.6 is 12.6 Å². The topological polar surface area (TPSA) is 9.23 Å². The van der Waals surface area contributed by atoms with Crippen LogP contribution in [0.3, 0.4) is 0 Å². The van der Waals surface area contributed by atoms with Crippen molar-refractivity contribution in [1.29, 1.82) is 0 Å². The van der Waals surface area contributed by atoms with Gasteiger partial charge in [0, 0.05) is 6.61 Å². The van der Waals surface area contributed by atoms with Gasteiger partial charge in [-0.2, -0.15) is 12.6 Å². The quantitative estimate of drug-likeness (QED) is 0.625. The van der Waals surface area contributed by atoms with Gasteiger partial charge >= 0.3 is 0 Å². The zero-order valence-electron chi connectivity index (χ0n) is 9.47. The van der Waals surface area contributed by atoms with Crippen LogP contribution in [-0.2, 0) is 4.74 Å². The molecule has 0 aromatic heterocycles. The van der Waals surface area contributed by atoms with Crippen LogP contribution in [0.2, 0.25) is 0 Å². The van der Waals surface area contributed by atoms with E-state index >= 15 is 0 Å². The molecule has 0 N–H and O–H groups in total. The van der Waals surface area contributed by atoms with Crippen molar-refractivity contribution in [3.63, 3.8) is 0 Å². The monoisotopic (exact) mass is 204 g/mol. The third-order valence-corrected chi connectivity index (χ3v) is 2.96. The summed E-state index contributed by atoms with van der Waals surface area (Å²) in [6.45, 7) is 10.6. The van der Waals surface area contributed by atoms with E-state index in [0.717, 1.165) is 19.0 Å². The first kappa shape index (κ1) is 13.3. The van der Waals surface area contributed by atoms with Crippen LogP contribution in [0.25, 0.3) is 0 Å². The molecule has 0 aromatic carbocycles. The highest BCUT2D eigenvalue weighted by molar-refractivity contribution is 7.80. The maximum absolute atomic E-state index is 5.65. The fraction of sp³-hybridized carbons (Fsp3) is 1.00. The molecular formula is C11H24OS. The predicted molar refractivity (Wildman–Crippen MR) is 62.5 cm³/mol. The summed E-state index contributed by atoms with van der Waals surface area (Å²) < 4.78 is 5.65. The molecule has 2 heteroatoms. The van der Waals surface area contributed by atoms with Crippen LogP contribution in [0, 0.1) is 11.3 Å². The third-order valence-electron chi connectivity index (χ3n) is 2.10. The largest absolute Gasteiger partial charge is 0.381 e. The molecule has 0 spiro atoms. The molecule has 1 nitrogen and oxygen atoms in total. The van der Waals surface area contributed by atoms with Gasteiger partial charge in [0.25, 0.3) is 0 Å². The van der Waals surface area contributed by atoms with Crippen LogP contribution in [0.5, 0.6) is 0 Å². The van der Waals surface area contributed by atoms with Gasteiger partial charge in [-0.05, 0) is 23.5 Å². The van der Waals surface area contributed by atoms with Gasteiger partial charge in [0.05, 0.1) is 6.61 Å². The fourth-order valence-electron chi connectivity index (χ4n) is 1.16. The summed E-state index contributed by atoms with van der Waals surface area (Å²) >= 11 is 4.29. The SMILES string of the molecule is CCCC(C)COCC(C)(C)CS. The number of rotatable bonds is 7. The van der Waals surface area contributed by atoms with Crippen LogP contribution in [0.1, 0.15) is 40.5 Å². The van der Waals surface area contributed by atoms with Crippen molar-refractivity contribution < 1.29 is 4.74 Å². The van der Waals surface area contributed by atoms with Crippen molar-refractivity contribution in [3.05, 3.63) is 0 Å². The molecule has 1 unspecified atom stereocenters. The summed E-state index contributed by atoms with van der Waals surface area (Å²) in [5, 5.41) is 0. The highest BCUT2D eigenvalue weighted by Crippen LogP contribution is 2.17. The Hall–Kier alpha value is 0.310. The predicted octanol–water partition coefficient (Wildman–Crippen LogP) is 3.40. The lowest BCUT2D eigenvalue weighted by atomic mass is 9.98. The Kier molecular flexibility index (Phi) is 6.88. The van der Waals surface area contributed by atoms with Crippen molar-refractivity contribution in [2.24, 2.45) is 11.3 Å². The maximum atomic E-state index is 5.65. The third kappa shape index (κ3) is 7.39. The smallest absolute Gasteiger partial charge is 0.0525 e. The maximum Gasteiger partial charge on any atom is 0.0525 e. The van der Waals surface area contributed by atoms with Gasteiger partial charge in [-0.1, -0.05) is 34.1 Å². The molecule has 0 aliphatic heterocycles. The molecule has 0 radical (unpaired) electrons. The lowest BCUT2D eigenvalue weighted by molar-refractivity contribution is 0.0513. The molecule has 0 fully saturated rings. The first-order chi connectivity index (χ1) is 6.02. The summed E-state index contributed by atoms with van der Waals surface area (Å²) in [7, 11) is 0. The molecule has 0 amide bonds. The minimum Gasteiger partial charge on any atom is -0.381 e. The van der Waals surface area contributed by atoms with Gasteiger partial charge in [0.1, 0.15) is 0 Å². The molecule has 0 saturated carbocycles. The Morgan fingerprint density at radius 3 is 2.46 bits per heavy atom. The summed E-state index contributed by atoms with van der Waals surface area (Å²) in [5.41, 5.74) is 0.217. The van der Waals surface area contributed by atoms with Crippen molar-refractivity contribution in [2.45, 2.75) is 40.5 Å². The molecular weight excluding hydrogens is 180 g/mol. The standard InChI is InChI=1S/C11H24OS/c1-5-6-10(2)7-12-8-11(3,4)9-13/h10,13H,5-9H2,1-4H3. The minimum atomic E-state index is 0.217. The van der Waals surface area contributed by atoms with E-state index in [1.165, 1.54) is 12.8 Å². The molecule has 0 heterocycles. The number of thiol groups is 1. The second kappa shape index (κ2) is 6.72. The van der Waals surface area contributed by atoms with E-state index in [9.17, 15) is 0 Å². The molecule has 0 rings (SSSR count). The van der Waals surface area contributed by atoms with Crippen LogP contribution < -0.4 is 0 Å². The Balaban J connectivity index is 3.44. The number of hydrogen-bond acceptors (Lipinski definition) is 2. The highest BCUT2D eigenvalue weighted by Gasteiger charge is 2.15. The van der Waals surface area contributed by atoms with E-state index in [-0.39, 0.29) is 5.41 Å². The normalized spacial score (nSPS) is 14.5. The second-order valence-corrected chi connectivity index (χ2v) is 5.05. The van der Waals surface area contributed by atoms with Crippen LogP contribution in [-0.4, -0.2) is 19.0 Å². The van der Waals surface area contributed by atoms with Gasteiger partial charge in [0.15, 0.2) is 0 Å². The first-order valence-electron chi connectivity index (χ1n) is 5.20. The van der Waals surface area contributed by atoms with Gasteiger partial charge in [-0.15, -0.1) is 0 Å².